The van der Waals surface area contributed by atoms with Gasteiger partial charge in [0.2, 0.25) is 5.91 Å². The third-order valence-corrected chi connectivity index (χ3v) is 5.36. The third kappa shape index (κ3) is 3.49. The zero-order chi connectivity index (χ0) is 23.2. The van der Waals surface area contributed by atoms with Crippen LogP contribution in [0.4, 0.5) is 14.6 Å². The fraction of sp³-hybridized carbons (Fsp3) is 0.182. The number of hydrazine groups is 1. The standard InChI is InChI=1S/C22H20F2N6O2/c1-12(31)29(3)30(11-13-6-4-5-7-17(13)23)22(32)14-8-15-19(9-18(14)24)27-21(25)16-10-26-28(2)20(15)16/h4-10H,11H2,1-3H3,(H2,25,27). The summed E-state index contributed by atoms with van der Waals surface area (Å²) in [6.07, 6.45) is 1.54. The molecule has 0 unspecified atom stereocenters. The lowest BCUT2D eigenvalue weighted by atomic mass is 10.1. The lowest BCUT2D eigenvalue weighted by molar-refractivity contribution is -0.140. The first-order chi connectivity index (χ1) is 15.2. The number of nitrogens with zero attached hydrogens (tertiary/aromatic N) is 5. The van der Waals surface area contributed by atoms with Crippen molar-refractivity contribution < 1.29 is 18.4 Å². The molecule has 2 aromatic carbocycles. The lowest BCUT2D eigenvalue weighted by Crippen LogP contribution is -2.46. The van der Waals surface area contributed by atoms with Gasteiger partial charge in [0.05, 0.1) is 34.7 Å². The van der Waals surface area contributed by atoms with E-state index in [9.17, 15) is 14.0 Å². The summed E-state index contributed by atoms with van der Waals surface area (Å²) in [5.74, 6) is -2.47. The molecule has 164 valence electrons. The number of aromatic nitrogens is 3. The van der Waals surface area contributed by atoms with Crippen molar-refractivity contribution in [3.05, 3.63) is 65.4 Å². The van der Waals surface area contributed by atoms with Crippen molar-refractivity contribution >= 4 is 39.4 Å². The molecular weight excluding hydrogens is 418 g/mol. The highest BCUT2D eigenvalue weighted by Gasteiger charge is 2.27. The average molecular weight is 438 g/mol. The van der Waals surface area contributed by atoms with Crippen LogP contribution in [0.25, 0.3) is 21.8 Å². The highest BCUT2D eigenvalue weighted by atomic mass is 19.1. The molecule has 2 heterocycles. The molecule has 2 aromatic heterocycles. The number of pyridine rings is 1. The molecule has 4 aromatic rings. The van der Waals surface area contributed by atoms with E-state index in [2.05, 4.69) is 10.1 Å². The Morgan fingerprint density at radius 1 is 1.12 bits per heavy atom. The Labute approximate surface area is 181 Å². The van der Waals surface area contributed by atoms with Gasteiger partial charge in [-0.3, -0.25) is 19.3 Å². The van der Waals surface area contributed by atoms with Crippen molar-refractivity contribution in [3.8, 4) is 0 Å². The van der Waals surface area contributed by atoms with Crippen molar-refractivity contribution in [1.82, 2.24) is 24.8 Å². The Hall–Kier alpha value is -4.08. The Balaban J connectivity index is 1.87. The van der Waals surface area contributed by atoms with Crippen molar-refractivity contribution in [3.63, 3.8) is 0 Å². The van der Waals surface area contributed by atoms with Gasteiger partial charge in [0, 0.05) is 38.0 Å². The molecule has 2 N–H and O–H groups in total. The highest BCUT2D eigenvalue weighted by Crippen LogP contribution is 2.30. The molecule has 0 aliphatic heterocycles. The number of carbonyl (C=O) groups excluding carboxylic acids is 2. The summed E-state index contributed by atoms with van der Waals surface area (Å²) >= 11 is 0. The van der Waals surface area contributed by atoms with Gasteiger partial charge < -0.3 is 5.73 Å². The first-order valence-corrected chi connectivity index (χ1v) is 9.69. The predicted molar refractivity (Wildman–Crippen MR) is 115 cm³/mol. The predicted octanol–water partition coefficient (Wildman–Crippen LogP) is 3.02. The monoisotopic (exact) mass is 438 g/mol. The Bertz CT molecular complexity index is 1380. The Morgan fingerprint density at radius 3 is 2.53 bits per heavy atom. The van der Waals surface area contributed by atoms with Crippen molar-refractivity contribution in [2.75, 3.05) is 12.8 Å². The minimum Gasteiger partial charge on any atom is -0.383 e. The van der Waals surface area contributed by atoms with Crippen molar-refractivity contribution in [2.45, 2.75) is 13.5 Å². The molecule has 2 amide bonds. The van der Waals surface area contributed by atoms with Gasteiger partial charge in [-0.15, -0.1) is 0 Å². The number of fused-ring (bicyclic) bond motifs is 3. The topological polar surface area (TPSA) is 97.3 Å². The number of nitrogens with two attached hydrogens (primary N) is 1. The number of aryl methyl sites for hydroxylation is 1. The first kappa shape index (κ1) is 21.2. The van der Waals surface area contributed by atoms with Crippen LogP contribution in [0.15, 0.2) is 42.6 Å². The highest BCUT2D eigenvalue weighted by molar-refractivity contribution is 6.10. The van der Waals surface area contributed by atoms with Crippen LogP contribution < -0.4 is 5.73 Å². The molecule has 0 atom stereocenters. The van der Waals surface area contributed by atoms with Crippen molar-refractivity contribution in [1.29, 1.82) is 0 Å². The Kier molecular flexibility index (Phi) is 5.21. The zero-order valence-corrected chi connectivity index (χ0v) is 17.6. The second-order valence-corrected chi connectivity index (χ2v) is 7.37. The molecule has 0 bridgehead atoms. The smallest absolute Gasteiger partial charge is 0.275 e. The van der Waals surface area contributed by atoms with E-state index >= 15 is 4.39 Å². The molecule has 32 heavy (non-hydrogen) atoms. The quantitative estimate of drug-likeness (QED) is 0.496. The molecule has 10 heteroatoms. The maximum absolute atomic E-state index is 15.0. The van der Waals surface area contributed by atoms with Gasteiger partial charge in [0.25, 0.3) is 5.91 Å². The number of benzene rings is 2. The van der Waals surface area contributed by atoms with Gasteiger partial charge in [-0.1, -0.05) is 18.2 Å². The van der Waals surface area contributed by atoms with Crippen LogP contribution in [-0.2, 0) is 18.4 Å². The van der Waals surface area contributed by atoms with E-state index in [1.165, 1.54) is 44.4 Å². The summed E-state index contributed by atoms with van der Waals surface area (Å²) < 4.78 is 30.8. The van der Waals surface area contributed by atoms with Crippen LogP contribution in [-0.4, -0.2) is 43.6 Å². The maximum atomic E-state index is 15.0. The number of carbonyl (C=O) groups is 2. The lowest BCUT2D eigenvalue weighted by Gasteiger charge is -2.31. The van der Waals surface area contributed by atoms with E-state index in [0.717, 1.165) is 16.1 Å². The summed E-state index contributed by atoms with van der Waals surface area (Å²) in [5, 5.41) is 7.22. The minimum atomic E-state index is -0.841. The minimum absolute atomic E-state index is 0.179. The molecule has 8 nitrogen and oxygen atoms in total. The van der Waals surface area contributed by atoms with E-state index in [1.54, 1.807) is 17.8 Å². The number of halogens is 2. The molecule has 4 rings (SSSR count). The van der Waals surface area contributed by atoms with Crippen LogP contribution in [0.5, 0.6) is 0 Å². The average Bonchev–Trinajstić information content (AvgIpc) is 3.14. The van der Waals surface area contributed by atoms with Gasteiger partial charge in [0.15, 0.2) is 0 Å². The fourth-order valence-corrected chi connectivity index (χ4v) is 3.55. The molecule has 0 radical (unpaired) electrons. The molecule has 0 saturated heterocycles. The van der Waals surface area contributed by atoms with Crippen LogP contribution >= 0.6 is 0 Å². The van der Waals surface area contributed by atoms with E-state index in [-0.39, 0.29) is 29.0 Å². The second kappa shape index (κ2) is 7.88. The largest absolute Gasteiger partial charge is 0.383 e. The van der Waals surface area contributed by atoms with Gasteiger partial charge in [-0.25, -0.2) is 18.8 Å². The number of nitrogen functional groups attached to an aromatic ring is 1. The molecular formula is C22H20F2N6O2. The third-order valence-electron chi connectivity index (χ3n) is 5.36. The van der Waals surface area contributed by atoms with E-state index in [1.807, 2.05) is 0 Å². The second-order valence-electron chi connectivity index (χ2n) is 7.37. The van der Waals surface area contributed by atoms with Gasteiger partial charge in [0.1, 0.15) is 17.5 Å². The van der Waals surface area contributed by atoms with E-state index in [0.29, 0.717) is 16.3 Å². The summed E-state index contributed by atoms with van der Waals surface area (Å²) in [6, 6.07) is 8.33. The first-order valence-electron chi connectivity index (χ1n) is 9.69. The Morgan fingerprint density at radius 2 is 1.84 bits per heavy atom. The SMILES string of the molecule is CC(=O)N(C)N(Cc1ccccc1F)C(=O)c1cc2c(cc1F)nc(N)c1cnn(C)c12. The van der Waals surface area contributed by atoms with E-state index < -0.39 is 23.4 Å². The summed E-state index contributed by atoms with van der Waals surface area (Å²) in [4.78, 5) is 29.6. The number of hydrogen-bond donors (Lipinski definition) is 1. The van der Waals surface area contributed by atoms with Crippen LogP contribution in [0.3, 0.4) is 0 Å². The van der Waals surface area contributed by atoms with Crippen LogP contribution in [0.2, 0.25) is 0 Å². The number of hydrogen-bond acceptors (Lipinski definition) is 5. The summed E-state index contributed by atoms with van der Waals surface area (Å²) in [6.45, 7) is 0.991. The van der Waals surface area contributed by atoms with Crippen LogP contribution in [0, 0.1) is 11.6 Å². The molecule has 0 spiro atoms. The molecule has 0 fully saturated rings. The number of rotatable bonds is 3. The molecule has 0 saturated carbocycles. The normalized spacial score (nSPS) is 11.2. The number of anilines is 1. The van der Waals surface area contributed by atoms with Gasteiger partial charge in [-0.2, -0.15) is 5.10 Å². The fourth-order valence-electron chi connectivity index (χ4n) is 3.55. The van der Waals surface area contributed by atoms with Gasteiger partial charge >= 0.3 is 0 Å². The van der Waals surface area contributed by atoms with E-state index in [4.69, 9.17) is 5.73 Å². The van der Waals surface area contributed by atoms with Crippen molar-refractivity contribution in [2.24, 2.45) is 7.05 Å². The summed E-state index contributed by atoms with van der Waals surface area (Å²) in [7, 11) is 3.06. The summed E-state index contributed by atoms with van der Waals surface area (Å²) in [5.41, 5.74) is 6.69. The molecule has 0 aliphatic rings. The maximum Gasteiger partial charge on any atom is 0.275 e. The number of amides is 2. The molecule has 0 aliphatic carbocycles. The van der Waals surface area contributed by atoms with Gasteiger partial charge in [-0.05, 0) is 12.1 Å². The zero-order valence-electron chi connectivity index (χ0n) is 17.6. The van der Waals surface area contributed by atoms with Crippen LogP contribution in [0.1, 0.15) is 22.8 Å².